The van der Waals surface area contributed by atoms with E-state index in [1.807, 2.05) is 24.3 Å². The highest BCUT2D eigenvalue weighted by molar-refractivity contribution is 5.79. The van der Waals surface area contributed by atoms with Crippen molar-refractivity contribution in [2.75, 3.05) is 13.2 Å². The first-order chi connectivity index (χ1) is 14.6. The minimum Gasteiger partial charge on any atom is -0.481 e. The van der Waals surface area contributed by atoms with Gasteiger partial charge < -0.3 is 15.2 Å². The third kappa shape index (κ3) is 4.40. The summed E-state index contributed by atoms with van der Waals surface area (Å²) in [5, 5.41) is 12.2. The highest BCUT2D eigenvalue weighted by Gasteiger charge is 2.29. The van der Waals surface area contributed by atoms with E-state index in [9.17, 15) is 14.7 Å². The lowest BCUT2D eigenvalue weighted by Gasteiger charge is -2.22. The zero-order chi connectivity index (χ0) is 20.9. The van der Waals surface area contributed by atoms with E-state index in [0.717, 1.165) is 30.4 Å². The van der Waals surface area contributed by atoms with Crippen molar-refractivity contribution >= 4 is 12.1 Å². The van der Waals surface area contributed by atoms with Gasteiger partial charge in [-0.15, -0.1) is 0 Å². The Balaban J connectivity index is 1.33. The summed E-state index contributed by atoms with van der Waals surface area (Å²) in [7, 11) is 0. The molecule has 0 aliphatic heterocycles. The first-order valence-electron chi connectivity index (χ1n) is 10.6. The summed E-state index contributed by atoms with van der Waals surface area (Å²) >= 11 is 0. The molecule has 0 saturated heterocycles. The van der Waals surface area contributed by atoms with Crippen LogP contribution >= 0.6 is 0 Å². The third-order valence-electron chi connectivity index (χ3n) is 6.18. The molecule has 0 aromatic heterocycles. The summed E-state index contributed by atoms with van der Waals surface area (Å²) in [6, 6.07) is 16.3. The predicted molar refractivity (Wildman–Crippen MR) is 115 cm³/mol. The SMILES string of the molecule is O=C(NCC(CC1CC=CCC1)C(=O)O)OCC1c2ccccc2-c2ccccc21. The Labute approximate surface area is 176 Å². The molecule has 0 radical (unpaired) electrons. The fourth-order valence-corrected chi connectivity index (χ4v) is 4.60. The highest BCUT2D eigenvalue weighted by atomic mass is 16.5. The molecule has 2 aromatic rings. The second-order valence-corrected chi connectivity index (χ2v) is 8.13. The van der Waals surface area contributed by atoms with Gasteiger partial charge in [-0.1, -0.05) is 60.7 Å². The molecule has 4 rings (SSSR count). The fraction of sp³-hybridized carbons (Fsp3) is 0.360. The molecule has 2 aromatic carbocycles. The zero-order valence-corrected chi connectivity index (χ0v) is 16.9. The third-order valence-corrected chi connectivity index (χ3v) is 6.18. The maximum atomic E-state index is 12.3. The number of hydrogen-bond acceptors (Lipinski definition) is 3. The topological polar surface area (TPSA) is 75.6 Å². The highest BCUT2D eigenvalue weighted by Crippen LogP contribution is 2.44. The van der Waals surface area contributed by atoms with Gasteiger partial charge in [0.15, 0.2) is 0 Å². The number of allylic oxidation sites excluding steroid dienone is 2. The monoisotopic (exact) mass is 405 g/mol. The number of rotatable bonds is 7. The molecule has 5 nitrogen and oxygen atoms in total. The van der Waals surface area contributed by atoms with Gasteiger partial charge in [-0.2, -0.15) is 0 Å². The first-order valence-corrected chi connectivity index (χ1v) is 10.6. The molecular weight excluding hydrogens is 378 g/mol. The summed E-state index contributed by atoms with van der Waals surface area (Å²) in [6.07, 6.45) is 7.18. The number of benzene rings is 2. The number of carboxylic acids is 1. The fourth-order valence-electron chi connectivity index (χ4n) is 4.60. The van der Waals surface area contributed by atoms with Crippen molar-refractivity contribution in [3.8, 4) is 11.1 Å². The molecule has 2 aliphatic rings. The Bertz CT molecular complexity index is 906. The molecule has 30 heavy (non-hydrogen) atoms. The summed E-state index contributed by atoms with van der Waals surface area (Å²) in [4.78, 5) is 23.9. The Morgan fingerprint density at radius 3 is 2.30 bits per heavy atom. The van der Waals surface area contributed by atoms with E-state index in [4.69, 9.17) is 4.74 Å². The lowest BCUT2D eigenvalue weighted by atomic mass is 9.86. The number of carbonyl (C=O) groups excluding carboxylic acids is 1. The molecule has 0 bridgehead atoms. The van der Waals surface area contributed by atoms with E-state index in [1.54, 1.807) is 0 Å². The molecular formula is C25H27NO4. The molecule has 2 aliphatic carbocycles. The summed E-state index contributed by atoms with van der Waals surface area (Å²) < 4.78 is 5.51. The van der Waals surface area contributed by atoms with Gasteiger partial charge >= 0.3 is 12.1 Å². The number of alkyl carbamates (subject to hydrolysis) is 1. The van der Waals surface area contributed by atoms with Crippen LogP contribution < -0.4 is 5.32 Å². The van der Waals surface area contributed by atoms with E-state index in [-0.39, 0.29) is 19.1 Å². The van der Waals surface area contributed by atoms with Crippen LogP contribution in [-0.2, 0) is 9.53 Å². The second-order valence-electron chi connectivity index (χ2n) is 8.13. The molecule has 0 fully saturated rings. The minimum atomic E-state index is -0.872. The molecule has 2 N–H and O–H groups in total. The van der Waals surface area contributed by atoms with E-state index in [2.05, 4.69) is 41.7 Å². The van der Waals surface area contributed by atoms with Crippen LogP contribution in [0.3, 0.4) is 0 Å². The number of carbonyl (C=O) groups is 2. The first kappa shape index (κ1) is 20.2. The van der Waals surface area contributed by atoms with Crippen molar-refractivity contribution in [1.82, 2.24) is 5.32 Å². The van der Waals surface area contributed by atoms with Gasteiger partial charge in [-0.25, -0.2) is 4.79 Å². The largest absolute Gasteiger partial charge is 0.481 e. The average Bonchev–Trinajstić information content (AvgIpc) is 3.09. The van der Waals surface area contributed by atoms with Crippen LogP contribution in [0.2, 0.25) is 0 Å². The van der Waals surface area contributed by atoms with Crippen LogP contribution in [0.15, 0.2) is 60.7 Å². The molecule has 2 atom stereocenters. The van der Waals surface area contributed by atoms with Gasteiger partial charge in [0.1, 0.15) is 6.61 Å². The number of carboxylic acid groups (broad SMARTS) is 1. The summed E-state index contributed by atoms with van der Waals surface area (Å²) in [5.41, 5.74) is 4.66. The maximum Gasteiger partial charge on any atom is 0.407 e. The van der Waals surface area contributed by atoms with Gasteiger partial charge in [0, 0.05) is 12.5 Å². The van der Waals surface area contributed by atoms with Crippen molar-refractivity contribution in [3.05, 3.63) is 71.8 Å². The molecule has 0 spiro atoms. The standard InChI is InChI=1S/C25H27NO4/c27-24(28)18(14-17-8-2-1-3-9-17)15-26-25(29)30-16-23-21-12-6-4-10-19(21)20-11-5-7-13-22(20)23/h1-2,4-7,10-13,17-18,23H,3,8-9,14-16H2,(H,26,29)(H,27,28). The molecule has 1 amide bonds. The normalized spacial score (nSPS) is 18.3. The van der Waals surface area contributed by atoms with Crippen molar-refractivity contribution < 1.29 is 19.4 Å². The quantitative estimate of drug-likeness (QED) is 0.638. The smallest absolute Gasteiger partial charge is 0.407 e. The van der Waals surface area contributed by atoms with Gasteiger partial charge in [-0.05, 0) is 53.9 Å². The molecule has 0 saturated carbocycles. The Kier molecular flexibility index (Phi) is 6.17. The lowest BCUT2D eigenvalue weighted by Crippen LogP contribution is -2.35. The Hall–Kier alpha value is -3.08. The van der Waals surface area contributed by atoms with Crippen LogP contribution in [0.5, 0.6) is 0 Å². The van der Waals surface area contributed by atoms with Gasteiger partial charge in [0.05, 0.1) is 5.92 Å². The predicted octanol–water partition coefficient (Wildman–Crippen LogP) is 4.97. The van der Waals surface area contributed by atoms with Crippen molar-refractivity contribution in [2.24, 2.45) is 11.8 Å². The van der Waals surface area contributed by atoms with Crippen LogP contribution in [-0.4, -0.2) is 30.3 Å². The average molecular weight is 405 g/mol. The van der Waals surface area contributed by atoms with E-state index in [0.29, 0.717) is 12.3 Å². The van der Waals surface area contributed by atoms with Crippen molar-refractivity contribution in [1.29, 1.82) is 0 Å². The second kappa shape index (κ2) is 9.16. The zero-order valence-electron chi connectivity index (χ0n) is 16.9. The van der Waals surface area contributed by atoms with Crippen LogP contribution in [0, 0.1) is 11.8 Å². The Morgan fingerprint density at radius 1 is 1.03 bits per heavy atom. The van der Waals surface area contributed by atoms with E-state index >= 15 is 0 Å². The number of nitrogens with one attached hydrogen (secondary N) is 1. The van der Waals surface area contributed by atoms with Gasteiger partial charge in [-0.3, -0.25) is 4.79 Å². The summed E-state index contributed by atoms with van der Waals surface area (Å²) in [5.74, 6) is -1.11. The van der Waals surface area contributed by atoms with E-state index < -0.39 is 18.0 Å². The van der Waals surface area contributed by atoms with Gasteiger partial charge in [0.2, 0.25) is 0 Å². The molecule has 2 unspecified atom stereocenters. The minimum absolute atomic E-state index is 0.00699. The van der Waals surface area contributed by atoms with Crippen LogP contribution in [0.25, 0.3) is 11.1 Å². The number of hydrogen-bond donors (Lipinski definition) is 2. The van der Waals surface area contributed by atoms with Crippen LogP contribution in [0.1, 0.15) is 42.7 Å². The maximum absolute atomic E-state index is 12.3. The molecule has 0 heterocycles. The molecule has 5 heteroatoms. The lowest BCUT2D eigenvalue weighted by molar-refractivity contribution is -0.142. The Morgan fingerprint density at radius 2 is 1.70 bits per heavy atom. The molecule has 156 valence electrons. The summed E-state index contributed by atoms with van der Waals surface area (Å²) in [6.45, 7) is 0.317. The number of aliphatic carboxylic acids is 1. The van der Waals surface area contributed by atoms with E-state index in [1.165, 1.54) is 11.1 Å². The van der Waals surface area contributed by atoms with Crippen molar-refractivity contribution in [3.63, 3.8) is 0 Å². The number of amides is 1. The van der Waals surface area contributed by atoms with Gasteiger partial charge in [0.25, 0.3) is 0 Å². The van der Waals surface area contributed by atoms with Crippen molar-refractivity contribution in [2.45, 2.75) is 31.6 Å². The number of fused-ring (bicyclic) bond motifs is 3. The van der Waals surface area contributed by atoms with Crippen LogP contribution in [0.4, 0.5) is 4.79 Å². The number of ether oxygens (including phenoxy) is 1.